The Morgan fingerprint density at radius 3 is 2.27 bits per heavy atom. The minimum Gasteiger partial charge on any atom is -0.452 e. The third-order valence-corrected chi connectivity index (χ3v) is 4.41. The van der Waals surface area contributed by atoms with E-state index in [2.05, 4.69) is 21.2 Å². The molecule has 5 heteroatoms. The van der Waals surface area contributed by atoms with Crippen LogP contribution < -0.4 is 5.32 Å². The number of ether oxygens (including phenoxy) is 1. The summed E-state index contributed by atoms with van der Waals surface area (Å²) in [6.45, 7) is -0.217. The van der Waals surface area contributed by atoms with Gasteiger partial charge in [0.15, 0.2) is 6.61 Å². The molecule has 0 aliphatic heterocycles. The number of amides is 1. The van der Waals surface area contributed by atoms with E-state index in [0.717, 1.165) is 30.2 Å². The Bertz CT molecular complexity index is 493. The molecule has 2 rings (SSSR count). The average Bonchev–Trinajstić information content (AvgIpc) is 2.48. The second-order valence-corrected chi connectivity index (χ2v) is 6.61. The molecule has 1 saturated carbocycles. The van der Waals surface area contributed by atoms with Crippen LogP contribution in [0.4, 0.5) is 0 Å². The van der Waals surface area contributed by atoms with E-state index in [4.69, 9.17) is 4.74 Å². The van der Waals surface area contributed by atoms with Crippen molar-refractivity contribution < 1.29 is 14.3 Å². The summed E-state index contributed by atoms with van der Waals surface area (Å²) in [5.41, 5.74) is 0.446. The molecule has 0 heterocycles. The Kier molecular flexibility index (Phi) is 6.90. The van der Waals surface area contributed by atoms with Gasteiger partial charge in [0.2, 0.25) is 0 Å². The van der Waals surface area contributed by atoms with Crippen molar-refractivity contribution in [1.82, 2.24) is 5.32 Å². The van der Waals surface area contributed by atoms with E-state index >= 15 is 0 Å². The molecule has 0 aromatic heterocycles. The van der Waals surface area contributed by atoms with Crippen LogP contribution in [0.15, 0.2) is 28.7 Å². The molecule has 120 valence electrons. The van der Waals surface area contributed by atoms with Crippen LogP contribution in [0, 0.1) is 0 Å². The Labute approximate surface area is 139 Å². The van der Waals surface area contributed by atoms with Gasteiger partial charge in [-0.05, 0) is 37.1 Å². The molecule has 0 spiro atoms. The standard InChI is InChI=1S/C17H22BrNO3/c18-14-10-8-13(9-11-14)17(21)22-12-16(20)19-15-6-4-2-1-3-5-7-15/h8-11,15H,1-7,12H2,(H,19,20). The normalized spacial score (nSPS) is 16.4. The summed E-state index contributed by atoms with van der Waals surface area (Å²) >= 11 is 3.31. The third-order valence-electron chi connectivity index (χ3n) is 3.88. The van der Waals surface area contributed by atoms with Gasteiger partial charge in [0, 0.05) is 10.5 Å². The summed E-state index contributed by atoms with van der Waals surface area (Å²) in [6, 6.07) is 7.09. The van der Waals surface area contributed by atoms with E-state index in [9.17, 15) is 9.59 Å². The second-order valence-electron chi connectivity index (χ2n) is 5.69. The van der Waals surface area contributed by atoms with Gasteiger partial charge in [-0.25, -0.2) is 4.79 Å². The van der Waals surface area contributed by atoms with Crippen molar-refractivity contribution in [2.45, 2.75) is 51.0 Å². The van der Waals surface area contributed by atoms with Crippen LogP contribution in [-0.2, 0) is 9.53 Å². The van der Waals surface area contributed by atoms with Crippen LogP contribution in [0.2, 0.25) is 0 Å². The molecule has 4 nitrogen and oxygen atoms in total. The van der Waals surface area contributed by atoms with Crippen LogP contribution in [0.3, 0.4) is 0 Å². The highest BCUT2D eigenvalue weighted by Crippen LogP contribution is 2.17. The molecule has 1 aromatic carbocycles. The van der Waals surface area contributed by atoms with E-state index in [1.807, 2.05) is 0 Å². The van der Waals surface area contributed by atoms with E-state index < -0.39 is 5.97 Å². The largest absolute Gasteiger partial charge is 0.452 e. The zero-order valence-corrected chi connectivity index (χ0v) is 14.2. The fourth-order valence-corrected chi connectivity index (χ4v) is 2.93. The van der Waals surface area contributed by atoms with Gasteiger partial charge in [0.25, 0.3) is 5.91 Å². The van der Waals surface area contributed by atoms with Crippen LogP contribution >= 0.6 is 15.9 Å². The smallest absolute Gasteiger partial charge is 0.338 e. The first-order valence-electron chi connectivity index (χ1n) is 7.87. The lowest BCUT2D eigenvalue weighted by molar-refractivity contribution is -0.125. The molecule has 0 bridgehead atoms. The number of esters is 1. The Morgan fingerprint density at radius 1 is 1.05 bits per heavy atom. The zero-order valence-electron chi connectivity index (χ0n) is 12.6. The summed E-state index contributed by atoms with van der Waals surface area (Å²) in [5.74, 6) is -0.684. The highest BCUT2D eigenvalue weighted by Gasteiger charge is 2.15. The molecule has 1 N–H and O–H groups in total. The monoisotopic (exact) mass is 367 g/mol. The number of hydrogen-bond acceptors (Lipinski definition) is 3. The van der Waals surface area contributed by atoms with Crippen molar-refractivity contribution in [3.8, 4) is 0 Å². The summed E-state index contributed by atoms with van der Waals surface area (Å²) in [5, 5.41) is 2.98. The lowest BCUT2D eigenvalue weighted by atomic mass is 9.97. The molecular formula is C17H22BrNO3. The van der Waals surface area contributed by atoms with Crippen molar-refractivity contribution in [1.29, 1.82) is 0 Å². The topological polar surface area (TPSA) is 55.4 Å². The Morgan fingerprint density at radius 2 is 1.64 bits per heavy atom. The summed E-state index contributed by atoms with van der Waals surface area (Å²) in [4.78, 5) is 23.7. The predicted molar refractivity (Wildman–Crippen MR) is 88.7 cm³/mol. The van der Waals surface area contributed by atoms with Crippen LogP contribution in [0.25, 0.3) is 0 Å². The van der Waals surface area contributed by atoms with Gasteiger partial charge in [0.1, 0.15) is 0 Å². The number of rotatable bonds is 4. The highest BCUT2D eigenvalue weighted by molar-refractivity contribution is 9.10. The fourth-order valence-electron chi connectivity index (χ4n) is 2.67. The number of carbonyl (C=O) groups excluding carboxylic acids is 2. The molecule has 1 amide bonds. The van der Waals surface area contributed by atoms with Gasteiger partial charge in [-0.2, -0.15) is 0 Å². The van der Waals surface area contributed by atoms with Gasteiger partial charge >= 0.3 is 5.97 Å². The van der Waals surface area contributed by atoms with Crippen molar-refractivity contribution in [2.75, 3.05) is 6.61 Å². The molecule has 22 heavy (non-hydrogen) atoms. The first kappa shape index (κ1) is 17.0. The maximum absolute atomic E-state index is 11.9. The maximum Gasteiger partial charge on any atom is 0.338 e. The summed E-state index contributed by atoms with van der Waals surface area (Å²) in [6.07, 6.45) is 8.13. The van der Waals surface area contributed by atoms with Gasteiger partial charge in [-0.1, -0.05) is 48.0 Å². The molecule has 0 unspecified atom stereocenters. The van der Waals surface area contributed by atoms with Crippen LogP contribution in [0.1, 0.15) is 55.3 Å². The van der Waals surface area contributed by atoms with Crippen molar-refractivity contribution in [3.63, 3.8) is 0 Å². The molecule has 1 aromatic rings. The van der Waals surface area contributed by atoms with Gasteiger partial charge < -0.3 is 10.1 Å². The van der Waals surface area contributed by atoms with E-state index in [0.29, 0.717) is 5.56 Å². The van der Waals surface area contributed by atoms with E-state index in [1.165, 1.54) is 19.3 Å². The first-order valence-corrected chi connectivity index (χ1v) is 8.66. The molecular weight excluding hydrogens is 346 g/mol. The first-order chi connectivity index (χ1) is 10.6. The average molecular weight is 368 g/mol. The van der Waals surface area contributed by atoms with Gasteiger partial charge in [-0.3, -0.25) is 4.79 Å². The quantitative estimate of drug-likeness (QED) is 0.822. The van der Waals surface area contributed by atoms with Gasteiger partial charge in [0.05, 0.1) is 5.56 Å². The van der Waals surface area contributed by atoms with E-state index in [1.54, 1.807) is 24.3 Å². The summed E-state index contributed by atoms with van der Waals surface area (Å²) < 4.78 is 5.96. The molecule has 1 aliphatic carbocycles. The second kappa shape index (κ2) is 8.93. The lowest BCUT2D eigenvalue weighted by Crippen LogP contribution is -2.38. The fraction of sp³-hybridized carbons (Fsp3) is 0.529. The van der Waals surface area contributed by atoms with Crippen molar-refractivity contribution >= 4 is 27.8 Å². The molecule has 0 atom stereocenters. The van der Waals surface area contributed by atoms with Crippen LogP contribution in [-0.4, -0.2) is 24.5 Å². The molecule has 0 radical (unpaired) electrons. The molecule has 0 saturated heterocycles. The predicted octanol–water partition coefficient (Wildman–Crippen LogP) is 3.84. The third kappa shape index (κ3) is 5.79. The SMILES string of the molecule is O=C(COC(=O)c1ccc(Br)cc1)NC1CCCCCCC1. The van der Waals surface area contributed by atoms with Crippen molar-refractivity contribution in [3.05, 3.63) is 34.3 Å². The number of halogens is 1. The van der Waals surface area contributed by atoms with Crippen molar-refractivity contribution in [2.24, 2.45) is 0 Å². The Balaban J connectivity index is 1.74. The highest BCUT2D eigenvalue weighted by atomic mass is 79.9. The zero-order chi connectivity index (χ0) is 15.8. The number of benzene rings is 1. The number of nitrogens with one attached hydrogen (secondary N) is 1. The molecule has 1 aliphatic rings. The minimum absolute atomic E-state index is 0.212. The number of hydrogen-bond donors (Lipinski definition) is 1. The molecule has 1 fully saturated rings. The van der Waals surface area contributed by atoms with E-state index in [-0.39, 0.29) is 18.6 Å². The lowest BCUT2D eigenvalue weighted by Gasteiger charge is -2.20. The summed E-state index contributed by atoms with van der Waals surface area (Å²) in [7, 11) is 0. The minimum atomic E-state index is -0.472. The van der Waals surface area contributed by atoms with Crippen LogP contribution in [0.5, 0.6) is 0 Å². The maximum atomic E-state index is 11.9. The van der Waals surface area contributed by atoms with Gasteiger partial charge in [-0.15, -0.1) is 0 Å². The number of carbonyl (C=O) groups is 2. The Hall–Kier alpha value is -1.36.